The van der Waals surface area contributed by atoms with E-state index in [0.29, 0.717) is 55.5 Å². The Labute approximate surface area is 221 Å². The van der Waals surface area contributed by atoms with E-state index in [1.807, 2.05) is 19.1 Å². The van der Waals surface area contributed by atoms with Crippen LogP contribution < -0.4 is 16.0 Å². The first-order chi connectivity index (χ1) is 18.2. The third-order valence-electron chi connectivity index (χ3n) is 7.86. The molecule has 4 N–H and O–H groups in total. The molecule has 0 spiro atoms. The minimum absolute atomic E-state index is 0.0529. The summed E-state index contributed by atoms with van der Waals surface area (Å²) in [7, 11) is 0. The Morgan fingerprint density at radius 3 is 2.61 bits per heavy atom. The number of aromatic nitrogens is 2. The monoisotopic (exact) mass is 520 g/mol. The number of benzene rings is 2. The van der Waals surface area contributed by atoms with E-state index in [0.717, 1.165) is 31.4 Å². The molecule has 0 bridgehead atoms. The zero-order valence-electron chi connectivity index (χ0n) is 21.6. The lowest BCUT2D eigenvalue weighted by Crippen LogP contribution is -2.42. The first-order valence-electron chi connectivity index (χ1n) is 13.3. The van der Waals surface area contributed by atoms with E-state index in [4.69, 9.17) is 11.0 Å². The van der Waals surface area contributed by atoms with Crippen molar-refractivity contribution in [2.24, 2.45) is 11.7 Å². The fraction of sp³-hybridized carbons (Fsp3) is 0.448. The van der Waals surface area contributed by atoms with Crippen LogP contribution in [-0.4, -0.2) is 46.2 Å². The van der Waals surface area contributed by atoms with Gasteiger partial charge in [0.1, 0.15) is 23.4 Å². The molecular weight excluding hydrogens is 486 g/mol. The highest BCUT2D eigenvalue weighted by Crippen LogP contribution is 2.32. The van der Waals surface area contributed by atoms with Crippen LogP contribution in [0.4, 0.5) is 20.3 Å². The van der Waals surface area contributed by atoms with Crippen molar-refractivity contribution in [3.63, 3.8) is 0 Å². The summed E-state index contributed by atoms with van der Waals surface area (Å²) in [5.74, 6) is -0.102. The van der Waals surface area contributed by atoms with Crippen molar-refractivity contribution in [1.29, 1.82) is 5.26 Å². The molecule has 200 valence electrons. The largest absolute Gasteiger partial charge is 0.390 e. The van der Waals surface area contributed by atoms with Gasteiger partial charge >= 0.3 is 0 Å². The molecule has 0 unspecified atom stereocenters. The molecule has 2 aliphatic rings. The molecule has 3 aromatic rings. The van der Waals surface area contributed by atoms with Gasteiger partial charge in [0, 0.05) is 43.0 Å². The normalized spacial score (nSPS) is 21.2. The number of hydrogen-bond donors (Lipinski definition) is 3. The van der Waals surface area contributed by atoms with Crippen LogP contribution in [-0.2, 0) is 0 Å². The van der Waals surface area contributed by atoms with E-state index in [2.05, 4.69) is 15.3 Å². The summed E-state index contributed by atoms with van der Waals surface area (Å²) < 4.78 is 31.6. The van der Waals surface area contributed by atoms with E-state index in [1.54, 1.807) is 18.2 Å². The Morgan fingerprint density at radius 2 is 1.92 bits per heavy atom. The number of piperidine rings is 1. The quantitative estimate of drug-likeness (QED) is 0.424. The second kappa shape index (κ2) is 10.7. The average Bonchev–Trinajstić information content (AvgIpc) is 3.31. The number of aliphatic hydroxyl groups is 1. The summed E-state index contributed by atoms with van der Waals surface area (Å²) in [6.45, 7) is 3.81. The smallest absolute Gasteiger partial charge is 0.150 e. The van der Waals surface area contributed by atoms with Crippen LogP contribution in [0.15, 0.2) is 42.5 Å². The summed E-state index contributed by atoms with van der Waals surface area (Å²) in [4.78, 5) is 2.06. The first kappa shape index (κ1) is 26.1. The van der Waals surface area contributed by atoms with E-state index in [1.165, 1.54) is 22.9 Å². The third-order valence-corrected chi connectivity index (χ3v) is 7.86. The minimum atomic E-state index is -0.693. The second-order valence-corrected chi connectivity index (χ2v) is 10.9. The molecule has 2 fully saturated rings. The van der Waals surface area contributed by atoms with Crippen LogP contribution in [0.3, 0.4) is 0 Å². The minimum Gasteiger partial charge on any atom is -0.390 e. The van der Waals surface area contributed by atoms with Crippen LogP contribution in [0.5, 0.6) is 0 Å². The Bertz CT molecular complexity index is 1340. The van der Waals surface area contributed by atoms with Gasteiger partial charge in [0.05, 0.1) is 16.9 Å². The number of hydrogen-bond acceptors (Lipinski definition) is 6. The van der Waals surface area contributed by atoms with Crippen LogP contribution in [0.2, 0.25) is 0 Å². The molecule has 7 nitrogen and oxygen atoms in total. The molecule has 1 aliphatic carbocycles. The van der Waals surface area contributed by atoms with Gasteiger partial charge in [0.25, 0.3) is 0 Å². The summed E-state index contributed by atoms with van der Waals surface area (Å²) in [6.07, 6.45) is 5.42. The topological polar surface area (TPSA) is 103 Å². The predicted molar refractivity (Wildman–Crippen MR) is 144 cm³/mol. The van der Waals surface area contributed by atoms with Gasteiger partial charge in [-0.25, -0.2) is 13.5 Å². The van der Waals surface area contributed by atoms with Gasteiger partial charge in [-0.3, -0.25) is 0 Å². The fourth-order valence-electron chi connectivity index (χ4n) is 5.50. The van der Waals surface area contributed by atoms with Gasteiger partial charge in [0.2, 0.25) is 0 Å². The number of nitrogens with two attached hydrogens (primary N) is 1. The summed E-state index contributed by atoms with van der Waals surface area (Å²) >= 11 is 0. The van der Waals surface area contributed by atoms with Crippen molar-refractivity contribution < 1.29 is 13.9 Å². The Balaban J connectivity index is 1.45. The standard InChI is InChI=1S/C29H34F2N6O/c1-29(38)9-11-36(12-10-29)23-7-8-26(25(31)15-23)37-27(20-5-6-21(17-32)24(30)14-20)16-28(35-37)34-18-19-3-2-4-22(33)13-19/h5-8,14-16,19,22,38H,2-4,9-13,18,33H2,1H3,(H,34,35)/t19-,22-/m0/s1. The maximum atomic E-state index is 15.6. The molecule has 0 radical (unpaired) electrons. The van der Waals surface area contributed by atoms with Gasteiger partial charge in [-0.1, -0.05) is 12.5 Å². The van der Waals surface area contributed by atoms with Crippen molar-refractivity contribution in [1.82, 2.24) is 9.78 Å². The molecule has 1 aliphatic heterocycles. The molecule has 0 amide bonds. The molecule has 1 aromatic heterocycles. The lowest BCUT2D eigenvalue weighted by molar-refractivity contribution is 0.0351. The number of nitriles is 1. The van der Waals surface area contributed by atoms with Crippen molar-refractivity contribution in [3.05, 3.63) is 59.7 Å². The van der Waals surface area contributed by atoms with Crippen molar-refractivity contribution in [2.75, 3.05) is 29.9 Å². The van der Waals surface area contributed by atoms with Gasteiger partial charge in [-0.2, -0.15) is 5.26 Å². The number of anilines is 2. The van der Waals surface area contributed by atoms with E-state index in [-0.39, 0.29) is 17.3 Å². The van der Waals surface area contributed by atoms with Crippen LogP contribution in [0, 0.1) is 28.9 Å². The SMILES string of the molecule is CC1(O)CCN(c2ccc(-n3nc(NC[C@H]4CCC[C@H](N)C4)cc3-c3ccc(C#N)c(F)c3)c(F)c2)CC1. The van der Waals surface area contributed by atoms with E-state index >= 15 is 4.39 Å². The van der Waals surface area contributed by atoms with E-state index < -0.39 is 17.2 Å². The molecule has 1 saturated heterocycles. The van der Waals surface area contributed by atoms with Gasteiger partial charge in [0.15, 0.2) is 5.82 Å². The van der Waals surface area contributed by atoms with Crippen LogP contribution in [0.25, 0.3) is 16.9 Å². The lowest BCUT2D eigenvalue weighted by atomic mass is 9.86. The number of nitrogens with zero attached hydrogens (tertiary/aromatic N) is 4. The number of rotatable bonds is 6. The van der Waals surface area contributed by atoms with Crippen molar-refractivity contribution in [2.45, 2.75) is 57.1 Å². The first-order valence-corrected chi connectivity index (χ1v) is 13.3. The predicted octanol–water partition coefficient (Wildman–Crippen LogP) is 4.97. The third kappa shape index (κ3) is 5.66. The van der Waals surface area contributed by atoms with Gasteiger partial charge in [-0.05, 0) is 75.3 Å². The lowest BCUT2D eigenvalue weighted by Gasteiger charge is -2.37. The number of halogens is 2. The zero-order valence-corrected chi connectivity index (χ0v) is 21.6. The molecule has 5 rings (SSSR count). The van der Waals surface area contributed by atoms with Gasteiger partial charge < -0.3 is 21.1 Å². The Hall–Kier alpha value is -3.48. The Morgan fingerprint density at radius 1 is 1.13 bits per heavy atom. The Kier molecular flexibility index (Phi) is 7.37. The molecule has 2 heterocycles. The maximum Gasteiger partial charge on any atom is 0.150 e. The van der Waals surface area contributed by atoms with E-state index in [9.17, 15) is 9.50 Å². The fourth-order valence-corrected chi connectivity index (χ4v) is 5.50. The molecule has 2 atom stereocenters. The van der Waals surface area contributed by atoms with Crippen LogP contribution in [0.1, 0.15) is 51.0 Å². The molecule has 38 heavy (non-hydrogen) atoms. The van der Waals surface area contributed by atoms with Crippen LogP contribution >= 0.6 is 0 Å². The van der Waals surface area contributed by atoms with Crippen molar-refractivity contribution >= 4 is 11.5 Å². The van der Waals surface area contributed by atoms with Gasteiger partial charge in [-0.15, -0.1) is 5.10 Å². The highest BCUT2D eigenvalue weighted by molar-refractivity contribution is 5.67. The maximum absolute atomic E-state index is 15.6. The average molecular weight is 521 g/mol. The summed E-state index contributed by atoms with van der Waals surface area (Å²) in [5.41, 5.74) is 7.38. The molecule has 2 aromatic carbocycles. The van der Waals surface area contributed by atoms with Crippen molar-refractivity contribution in [3.8, 4) is 23.0 Å². The summed E-state index contributed by atoms with van der Waals surface area (Å²) in [5, 5.41) is 27.4. The molecular formula is C29H34F2N6O. The molecule has 1 saturated carbocycles. The zero-order chi connectivity index (χ0) is 26.9. The summed E-state index contributed by atoms with van der Waals surface area (Å²) in [6, 6.07) is 13.2. The number of nitrogens with one attached hydrogen (secondary N) is 1. The molecule has 9 heteroatoms. The highest BCUT2D eigenvalue weighted by Gasteiger charge is 2.28. The second-order valence-electron chi connectivity index (χ2n) is 10.9. The highest BCUT2D eigenvalue weighted by atomic mass is 19.1.